The highest BCUT2D eigenvalue weighted by atomic mass is 16.3. The second-order valence-corrected chi connectivity index (χ2v) is 3.61. The molecule has 64 valence electrons. The number of rotatable bonds is 1. The Hall–Kier alpha value is -0.0800. The van der Waals surface area contributed by atoms with E-state index in [2.05, 4.69) is 20.8 Å². The predicted octanol–water partition coefficient (Wildman–Crippen LogP) is 1.41. The first-order valence-corrected chi connectivity index (χ1v) is 3.54. The third-order valence-electron chi connectivity index (χ3n) is 0.908. The summed E-state index contributed by atoms with van der Waals surface area (Å²) in [5.41, 5.74) is 0.272. The van der Waals surface area contributed by atoms with Crippen LogP contribution in [0.15, 0.2) is 0 Å². The molecule has 0 saturated heterocycles. The van der Waals surface area contributed by atoms with Gasteiger partial charge in [0, 0.05) is 7.11 Å². The first-order chi connectivity index (χ1) is 4.42. The van der Waals surface area contributed by atoms with E-state index in [0.717, 1.165) is 13.5 Å². The van der Waals surface area contributed by atoms with Crippen molar-refractivity contribution in [2.24, 2.45) is 5.41 Å². The minimum absolute atomic E-state index is 0.157. The summed E-state index contributed by atoms with van der Waals surface area (Å²) < 4.78 is 0. The fourth-order valence-corrected chi connectivity index (χ4v) is 0.886. The van der Waals surface area contributed by atoms with E-state index < -0.39 is 0 Å². The van der Waals surface area contributed by atoms with E-state index in [1.807, 2.05) is 6.92 Å². The normalized spacial score (nSPS) is 13.5. The minimum atomic E-state index is -0.157. The van der Waals surface area contributed by atoms with E-state index in [4.69, 9.17) is 10.2 Å². The van der Waals surface area contributed by atoms with Crippen LogP contribution in [0.4, 0.5) is 0 Å². The van der Waals surface area contributed by atoms with Crippen molar-refractivity contribution in [2.45, 2.75) is 40.2 Å². The van der Waals surface area contributed by atoms with Gasteiger partial charge in [0.05, 0.1) is 6.10 Å². The molecule has 0 aliphatic heterocycles. The Balaban J connectivity index is 0. The van der Waals surface area contributed by atoms with Crippen molar-refractivity contribution in [3.63, 3.8) is 0 Å². The zero-order chi connectivity index (χ0) is 8.78. The van der Waals surface area contributed by atoms with Gasteiger partial charge in [-0.2, -0.15) is 0 Å². The summed E-state index contributed by atoms with van der Waals surface area (Å²) in [5.74, 6) is 0. The Morgan fingerprint density at radius 3 is 1.50 bits per heavy atom. The quantitative estimate of drug-likeness (QED) is 0.590. The number of aliphatic hydroxyl groups excluding tert-OH is 2. The van der Waals surface area contributed by atoms with E-state index in [1.54, 1.807) is 0 Å². The Labute approximate surface area is 63.9 Å². The van der Waals surface area contributed by atoms with Gasteiger partial charge in [-0.1, -0.05) is 20.8 Å². The van der Waals surface area contributed by atoms with Gasteiger partial charge in [0.1, 0.15) is 0 Å². The molecule has 0 aliphatic carbocycles. The molecule has 0 amide bonds. The molecule has 10 heavy (non-hydrogen) atoms. The second-order valence-electron chi connectivity index (χ2n) is 3.61. The Bertz CT molecular complexity index is 62.1. The van der Waals surface area contributed by atoms with E-state index in [0.29, 0.717) is 0 Å². The zero-order valence-electron chi connectivity index (χ0n) is 7.68. The molecular weight excluding hydrogens is 128 g/mol. The third kappa shape index (κ3) is 15.7. The maximum Gasteiger partial charge on any atom is 0.0517 e. The Kier molecular flexibility index (Phi) is 7.15. The van der Waals surface area contributed by atoms with Crippen molar-refractivity contribution in [3.8, 4) is 0 Å². The smallest absolute Gasteiger partial charge is 0.0517 e. The summed E-state index contributed by atoms with van der Waals surface area (Å²) in [4.78, 5) is 0. The van der Waals surface area contributed by atoms with Crippen LogP contribution in [0.5, 0.6) is 0 Å². The van der Waals surface area contributed by atoms with Gasteiger partial charge in [-0.25, -0.2) is 0 Å². The van der Waals surface area contributed by atoms with Gasteiger partial charge >= 0.3 is 0 Å². The highest BCUT2D eigenvalue weighted by molar-refractivity contribution is 4.63. The van der Waals surface area contributed by atoms with Gasteiger partial charge < -0.3 is 10.2 Å². The van der Waals surface area contributed by atoms with Crippen LogP contribution in [0.1, 0.15) is 34.1 Å². The minimum Gasteiger partial charge on any atom is -0.400 e. The molecule has 0 rings (SSSR count). The van der Waals surface area contributed by atoms with Gasteiger partial charge in [-0.3, -0.25) is 0 Å². The molecule has 0 bridgehead atoms. The number of hydrogen-bond donors (Lipinski definition) is 2. The molecular formula is C8H20O2. The monoisotopic (exact) mass is 148 g/mol. The molecule has 0 saturated carbocycles. The molecule has 0 fully saturated rings. The molecule has 0 aliphatic rings. The molecule has 0 radical (unpaired) electrons. The lowest BCUT2D eigenvalue weighted by atomic mass is 9.90. The Morgan fingerprint density at radius 1 is 1.20 bits per heavy atom. The lowest BCUT2D eigenvalue weighted by Gasteiger charge is -2.19. The molecule has 2 N–H and O–H groups in total. The average molecular weight is 148 g/mol. The van der Waals surface area contributed by atoms with Gasteiger partial charge in [0.15, 0.2) is 0 Å². The van der Waals surface area contributed by atoms with E-state index >= 15 is 0 Å². The SMILES string of the molecule is CC(O)CC(C)(C)C.CO. The largest absolute Gasteiger partial charge is 0.400 e. The van der Waals surface area contributed by atoms with E-state index in [9.17, 15) is 0 Å². The average Bonchev–Trinajstić information content (AvgIpc) is 1.64. The molecule has 0 aromatic carbocycles. The lowest BCUT2D eigenvalue weighted by Crippen LogP contribution is -2.13. The molecule has 0 aromatic rings. The van der Waals surface area contributed by atoms with Crippen molar-refractivity contribution in [3.05, 3.63) is 0 Å². The second kappa shape index (κ2) is 5.69. The van der Waals surface area contributed by atoms with Crippen molar-refractivity contribution >= 4 is 0 Å². The van der Waals surface area contributed by atoms with Gasteiger partial charge in [0.25, 0.3) is 0 Å². The summed E-state index contributed by atoms with van der Waals surface area (Å²) in [7, 11) is 1.00. The van der Waals surface area contributed by atoms with Gasteiger partial charge in [0.2, 0.25) is 0 Å². The standard InChI is InChI=1S/C7H16O.CH4O/c1-6(8)5-7(2,3)4;1-2/h6,8H,5H2,1-4H3;2H,1H3. The molecule has 2 heteroatoms. The number of aliphatic hydroxyl groups is 2. The molecule has 1 atom stereocenters. The summed E-state index contributed by atoms with van der Waals surface area (Å²) >= 11 is 0. The topological polar surface area (TPSA) is 40.5 Å². The van der Waals surface area contributed by atoms with Crippen LogP contribution < -0.4 is 0 Å². The van der Waals surface area contributed by atoms with Crippen LogP contribution >= 0.6 is 0 Å². The fourth-order valence-electron chi connectivity index (χ4n) is 0.886. The summed E-state index contributed by atoms with van der Waals surface area (Å²) in [6, 6.07) is 0. The highest BCUT2D eigenvalue weighted by Crippen LogP contribution is 2.19. The summed E-state index contributed by atoms with van der Waals surface area (Å²) in [6.07, 6.45) is 0.725. The first-order valence-electron chi connectivity index (χ1n) is 3.54. The molecule has 0 spiro atoms. The Morgan fingerprint density at radius 2 is 1.50 bits per heavy atom. The maximum absolute atomic E-state index is 8.89. The fraction of sp³-hybridized carbons (Fsp3) is 1.00. The third-order valence-corrected chi connectivity index (χ3v) is 0.908. The van der Waals surface area contributed by atoms with Crippen LogP contribution in [0.3, 0.4) is 0 Å². The van der Waals surface area contributed by atoms with E-state index in [-0.39, 0.29) is 11.5 Å². The predicted molar refractivity (Wildman–Crippen MR) is 43.9 cm³/mol. The van der Waals surface area contributed by atoms with Crippen molar-refractivity contribution < 1.29 is 10.2 Å². The van der Waals surface area contributed by atoms with Gasteiger partial charge in [-0.15, -0.1) is 0 Å². The highest BCUT2D eigenvalue weighted by Gasteiger charge is 2.12. The van der Waals surface area contributed by atoms with E-state index in [1.165, 1.54) is 0 Å². The number of hydrogen-bond acceptors (Lipinski definition) is 2. The zero-order valence-corrected chi connectivity index (χ0v) is 7.68. The first kappa shape index (κ1) is 12.6. The lowest BCUT2D eigenvalue weighted by molar-refractivity contribution is 0.138. The van der Waals surface area contributed by atoms with Crippen molar-refractivity contribution in [1.29, 1.82) is 0 Å². The van der Waals surface area contributed by atoms with Crippen LogP contribution in [-0.2, 0) is 0 Å². The van der Waals surface area contributed by atoms with Gasteiger partial charge in [-0.05, 0) is 18.8 Å². The maximum atomic E-state index is 8.89. The van der Waals surface area contributed by atoms with Crippen LogP contribution in [0.25, 0.3) is 0 Å². The van der Waals surface area contributed by atoms with Crippen LogP contribution in [0.2, 0.25) is 0 Å². The van der Waals surface area contributed by atoms with Crippen molar-refractivity contribution in [2.75, 3.05) is 7.11 Å². The molecule has 2 nitrogen and oxygen atoms in total. The van der Waals surface area contributed by atoms with Crippen LogP contribution in [-0.4, -0.2) is 23.4 Å². The van der Waals surface area contributed by atoms with Crippen LogP contribution in [0, 0.1) is 5.41 Å². The molecule has 1 unspecified atom stereocenters. The molecule has 0 aromatic heterocycles. The van der Waals surface area contributed by atoms with Crippen molar-refractivity contribution in [1.82, 2.24) is 0 Å². The summed E-state index contributed by atoms with van der Waals surface area (Å²) in [6.45, 7) is 8.20. The molecule has 0 heterocycles. The summed E-state index contributed by atoms with van der Waals surface area (Å²) in [5, 5.41) is 15.9.